The molecule has 0 fully saturated rings. The van der Waals surface area contributed by atoms with Gasteiger partial charge in [0, 0.05) is 15.7 Å². The van der Waals surface area contributed by atoms with Gasteiger partial charge < -0.3 is 10.1 Å². The average molecular weight is 384 g/mol. The molecule has 0 radical (unpaired) electrons. The third-order valence-electron chi connectivity index (χ3n) is 2.83. The van der Waals surface area contributed by atoms with Crippen LogP contribution < -0.4 is 20.9 Å². The fourth-order valence-electron chi connectivity index (χ4n) is 1.72. The number of carbonyl (C=O) groups is 1. The third-order valence-corrected chi connectivity index (χ3v) is 3.47. The third kappa shape index (κ3) is 6.23. The van der Waals surface area contributed by atoms with E-state index in [1.54, 1.807) is 18.2 Å². The predicted octanol–water partition coefficient (Wildman–Crippen LogP) is 3.70. The molecule has 2 rings (SSSR count). The molecular formula is C16H15Cl2N3O2S. The Bertz CT molecular complexity index is 718. The van der Waals surface area contributed by atoms with Crippen molar-refractivity contribution in [3.05, 3.63) is 58.1 Å². The van der Waals surface area contributed by atoms with Crippen LogP contribution in [0.25, 0.3) is 0 Å². The van der Waals surface area contributed by atoms with Crippen molar-refractivity contribution in [2.45, 2.75) is 6.92 Å². The predicted molar refractivity (Wildman–Crippen MR) is 101 cm³/mol. The topological polar surface area (TPSA) is 62.4 Å². The van der Waals surface area contributed by atoms with Gasteiger partial charge in [0.15, 0.2) is 11.7 Å². The number of anilines is 1. The van der Waals surface area contributed by atoms with E-state index in [1.165, 1.54) is 0 Å². The van der Waals surface area contributed by atoms with E-state index < -0.39 is 5.91 Å². The molecule has 0 saturated heterocycles. The maximum Gasteiger partial charge on any atom is 0.276 e. The molecule has 8 heteroatoms. The Morgan fingerprint density at radius 3 is 2.33 bits per heavy atom. The van der Waals surface area contributed by atoms with Crippen molar-refractivity contribution in [2.24, 2.45) is 0 Å². The lowest BCUT2D eigenvalue weighted by atomic mass is 10.2. The van der Waals surface area contributed by atoms with Gasteiger partial charge in [-0.1, -0.05) is 40.9 Å². The van der Waals surface area contributed by atoms with Crippen LogP contribution in [0.4, 0.5) is 5.69 Å². The molecule has 0 aliphatic rings. The molecule has 0 aliphatic heterocycles. The number of rotatable bonds is 4. The Morgan fingerprint density at radius 1 is 1.08 bits per heavy atom. The molecule has 0 heterocycles. The first-order valence-corrected chi connectivity index (χ1v) is 8.10. The van der Waals surface area contributed by atoms with E-state index >= 15 is 0 Å². The summed E-state index contributed by atoms with van der Waals surface area (Å²) >= 11 is 16.8. The van der Waals surface area contributed by atoms with Crippen LogP contribution in [0.3, 0.4) is 0 Å². The quantitative estimate of drug-likeness (QED) is 0.554. The maximum atomic E-state index is 11.7. The molecule has 0 spiro atoms. The summed E-state index contributed by atoms with van der Waals surface area (Å²) in [5.74, 6) is 0.00200. The number of ether oxygens (including phenoxy) is 1. The Hall–Kier alpha value is -2.02. The van der Waals surface area contributed by atoms with E-state index in [2.05, 4.69) is 16.2 Å². The number of carbonyl (C=O) groups excluding carboxylic acids is 1. The Labute approximate surface area is 155 Å². The van der Waals surface area contributed by atoms with Gasteiger partial charge in [-0.2, -0.15) is 0 Å². The highest BCUT2D eigenvalue weighted by atomic mass is 35.5. The molecule has 0 aliphatic carbocycles. The fraction of sp³-hybridized carbons (Fsp3) is 0.125. The van der Waals surface area contributed by atoms with Crippen molar-refractivity contribution in [1.29, 1.82) is 0 Å². The van der Waals surface area contributed by atoms with Crippen molar-refractivity contribution in [3.63, 3.8) is 0 Å². The molecule has 5 nitrogen and oxygen atoms in total. The average Bonchev–Trinajstić information content (AvgIpc) is 2.52. The van der Waals surface area contributed by atoms with E-state index in [0.717, 1.165) is 11.3 Å². The summed E-state index contributed by atoms with van der Waals surface area (Å²) in [5.41, 5.74) is 6.98. The normalized spacial score (nSPS) is 9.96. The van der Waals surface area contributed by atoms with Gasteiger partial charge in [-0.3, -0.25) is 15.6 Å². The second-order valence-corrected chi connectivity index (χ2v) is 6.17. The van der Waals surface area contributed by atoms with Crippen LogP contribution in [0, 0.1) is 6.92 Å². The Morgan fingerprint density at radius 2 is 1.71 bits per heavy atom. The number of benzene rings is 2. The van der Waals surface area contributed by atoms with E-state index in [9.17, 15) is 4.79 Å². The smallest absolute Gasteiger partial charge is 0.276 e. The Balaban J connectivity index is 1.74. The van der Waals surface area contributed by atoms with Crippen LogP contribution in [-0.4, -0.2) is 17.6 Å². The van der Waals surface area contributed by atoms with Crippen molar-refractivity contribution in [2.75, 3.05) is 11.9 Å². The molecule has 1 amide bonds. The summed E-state index contributed by atoms with van der Waals surface area (Å²) in [7, 11) is 0. The standard InChI is InChI=1S/C16H15Cl2N3O2S/c1-10-2-4-13(5-3-10)19-16(24)21-20-15(22)9-23-14-7-11(17)6-12(18)8-14/h2-8H,9H2,1H3,(H,20,22)(H2,19,21,24). The molecule has 0 aromatic heterocycles. The van der Waals surface area contributed by atoms with Crippen LogP contribution in [-0.2, 0) is 4.79 Å². The van der Waals surface area contributed by atoms with Gasteiger partial charge in [0.2, 0.25) is 0 Å². The number of hydrogen-bond donors (Lipinski definition) is 3. The first-order valence-electron chi connectivity index (χ1n) is 6.94. The van der Waals surface area contributed by atoms with Gasteiger partial charge >= 0.3 is 0 Å². The largest absolute Gasteiger partial charge is 0.484 e. The highest BCUT2D eigenvalue weighted by Crippen LogP contribution is 2.23. The Kier molecular flexibility index (Phi) is 6.66. The minimum atomic E-state index is -0.404. The van der Waals surface area contributed by atoms with Crippen LogP contribution >= 0.6 is 35.4 Å². The lowest BCUT2D eigenvalue weighted by Gasteiger charge is -2.12. The van der Waals surface area contributed by atoms with E-state index in [0.29, 0.717) is 15.8 Å². The summed E-state index contributed by atoms with van der Waals surface area (Å²) in [5, 5.41) is 4.07. The molecule has 2 aromatic carbocycles. The van der Waals surface area contributed by atoms with Crippen LogP contribution in [0.5, 0.6) is 5.75 Å². The first-order chi connectivity index (χ1) is 11.4. The summed E-state index contributed by atoms with van der Waals surface area (Å²) in [4.78, 5) is 11.7. The van der Waals surface area contributed by atoms with E-state index in [4.69, 9.17) is 40.2 Å². The van der Waals surface area contributed by atoms with Gasteiger partial charge in [-0.05, 0) is 49.5 Å². The second-order valence-electron chi connectivity index (χ2n) is 4.89. The maximum absolute atomic E-state index is 11.7. The highest BCUT2D eigenvalue weighted by molar-refractivity contribution is 7.80. The van der Waals surface area contributed by atoms with Crippen molar-refractivity contribution < 1.29 is 9.53 Å². The lowest BCUT2D eigenvalue weighted by molar-refractivity contribution is -0.123. The highest BCUT2D eigenvalue weighted by Gasteiger charge is 2.05. The first kappa shape index (κ1) is 18.3. The molecule has 24 heavy (non-hydrogen) atoms. The fourth-order valence-corrected chi connectivity index (χ4v) is 2.40. The number of amides is 1. The number of nitrogens with one attached hydrogen (secondary N) is 3. The summed E-state index contributed by atoms with van der Waals surface area (Å²) in [6, 6.07) is 12.4. The van der Waals surface area contributed by atoms with Crippen molar-refractivity contribution >= 4 is 52.1 Å². The van der Waals surface area contributed by atoms with Crippen LogP contribution in [0.1, 0.15) is 5.56 Å². The van der Waals surface area contributed by atoms with Crippen molar-refractivity contribution in [3.8, 4) is 5.75 Å². The number of hydrogen-bond acceptors (Lipinski definition) is 3. The van der Waals surface area contributed by atoms with Gasteiger partial charge in [0.25, 0.3) is 5.91 Å². The molecule has 0 bridgehead atoms. The summed E-state index contributed by atoms with van der Waals surface area (Å²) in [6.07, 6.45) is 0. The summed E-state index contributed by atoms with van der Waals surface area (Å²) < 4.78 is 5.31. The zero-order valence-corrected chi connectivity index (χ0v) is 15.1. The number of halogens is 2. The minimum Gasteiger partial charge on any atom is -0.484 e. The van der Waals surface area contributed by atoms with E-state index in [1.807, 2.05) is 31.2 Å². The molecule has 126 valence electrons. The monoisotopic (exact) mass is 383 g/mol. The lowest BCUT2D eigenvalue weighted by Crippen LogP contribution is -2.45. The number of hydrazine groups is 1. The van der Waals surface area contributed by atoms with Gasteiger partial charge in [0.05, 0.1) is 0 Å². The SMILES string of the molecule is Cc1ccc(NC(=S)NNC(=O)COc2cc(Cl)cc(Cl)c2)cc1. The molecule has 3 N–H and O–H groups in total. The van der Waals surface area contributed by atoms with Crippen LogP contribution in [0.15, 0.2) is 42.5 Å². The van der Waals surface area contributed by atoms with Crippen molar-refractivity contribution in [1.82, 2.24) is 10.9 Å². The molecule has 0 saturated carbocycles. The second kappa shape index (κ2) is 8.73. The zero-order chi connectivity index (χ0) is 17.5. The number of thiocarbonyl (C=S) groups is 1. The molecule has 0 atom stereocenters. The number of aryl methyl sites for hydroxylation is 1. The van der Waals surface area contributed by atoms with E-state index in [-0.39, 0.29) is 11.7 Å². The van der Waals surface area contributed by atoms with Gasteiger partial charge in [-0.15, -0.1) is 0 Å². The summed E-state index contributed by atoms with van der Waals surface area (Å²) in [6.45, 7) is 1.78. The molecular weight excluding hydrogens is 369 g/mol. The van der Waals surface area contributed by atoms with Gasteiger partial charge in [0.1, 0.15) is 5.75 Å². The molecule has 2 aromatic rings. The molecule has 0 unspecified atom stereocenters. The van der Waals surface area contributed by atoms with Crippen LogP contribution in [0.2, 0.25) is 10.0 Å². The zero-order valence-electron chi connectivity index (χ0n) is 12.7. The van der Waals surface area contributed by atoms with Gasteiger partial charge in [-0.25, -0.2) is 0 Å². The minimum absolute atomic E-state index is 0.211.